The number of hydrogen-bond donors (Lipinski definition) is 2. The third-order valence-corrected chi connectivity index (χ3v) is 3.05. The van der Waals surface area contributed by atoms with Gasteiger partial charge in [-0.2, -0.15) is 0 Å². The third kappa shape index (κ3) is 3.54. The Bertz CT molecular complexity index is 580. The Kier molecular flexibility index (Phi) is 4.30. The molecule has 0 bridgehead atoms. The van der Waals surface area contributed by atoms with E-state index < -0.39 is 17.7 Å². The zero-order valence-electron chi connectivity index (χ0n) is 10.6. The fraction of sp³-hybridized carbons (Fsp3) is 0.200. The molecule has 2 atom stereocenters. The molecular weight excluding hydrogens is 261 g/mol. The van der Waals surface area contributed by atoms with Gasteiger partial charge < -0.3 is 10.4 Å². The molecule has 0 aromatic heterocycles. The molecule has 1 aliphatic rings. The summed E-state index contributed by atoms with van der Waals surface area (Å²) in [6.07, 6.45) is 6.19. The van der Waals surface area contributed by atoms with Crippen molar-refractivity contribution in [2.24, 2.45) is 5.92 Å². The summed E-state index contributed by atoms with van der Waals surface area (Å²) in [4.78, 5) is 22.4. The number of carbonyl (C=O) groups excluding carboxylic acids is 1. The van der Waals surface area contributed by atoms with Crippen molar-refractivity contribution < 1.29 is 19.1 Å². The quantitative estimate of drug-likeness (QED) is 0.652. The number of carboxylic acids is 1. The van der Waals surface area contributed by atoms with Crippen LogP contribution in [0.15, 0.2) is 42.5 Å². The Hall–Kier alpha value is -2.43. The first-order valence-corrected chi connectivity index (χ1v) is 6.20. The summed E-state index contributed by atoms with van der Waals surface area (Å²) in [6, 6.07) is 5.83. The van der Waals surface area contributed by atoms with Gasteiger partial charge in [-0.3, -0.25) is 9.59 Å². The molecule has 0 spiro atoms. The van der Waals surface area contributed by atoms with E-state index in [0.717, 1.165) is 0 Å². The van der Waals surface area contributed by atoms with Gasteiger partial charge in [0.1, 0.15) is 5.82 Å². The van der Waals surface area contributed by atoms with Crippen molar-refractivity contribution in [2.75, 3.05) is 0 Å². The van der Waals surface area contributed by atoms with Crippen molar-refractivity contribution in [3.8, 4) is 0 Å². The normalized spacial score (nSPS) is 21.2. The monoisotopic (exact) mass is 275 g/mol. The maximum atomic E-state index is 13.3. The summed E-state index contributed by atoms with van der Waals surface area (Å²) in [7, 11) is 0. The Morgan fingerprint density at radius 3 is 2.70 bits per heavy atom. The maximum absolute atomic E-state index is 13.3. The molecule has 0 heterocycles. The number of amides is 1. The number of aliphatic carboxylic acids is 1. The first kappa shape index (κ1) is 14.0. The molecule has 5 heteroatoms. The van der Waals surface area contributed by atoms with Crippen LogP contribution in [0.25, 0.3) is 6.08 Å². The average molecular weight is 275 g/mol. The summed E-state index contributed by atoms with van der Waals surface area (Å²) < 4.78 is 13.3. The van der Waals surface area contributed by atoms with Gasteiger partial charge in [-0.15, -0.1) is 0 Å². The molecule has 2 rings (SSSR count). The highest BCUT2D eigenvalue weighted by molar-refractivity contribution is 5.92. The van der Waals surface area contributed by atoms with E-state index in [9.17, 15) is 14.0 Å². The molecule has 0 saturated carbocycles. The molecule has 20 heavy (non-hydrogen) atoms. The van der Waals surface area contributed by atoms with E-state index in [1.807, 2.05) is 0 Å². The predicted molar refractivity (Wildman–Crippen MR) is 72.2 cm³/mol. The van der Waals surface area contributed by atoms with Crippen molar-refractivity contribution in [1.29, 1.82) is 0 Å². The highest BCUT2D eigenvalue weighted by atomic mass is 19.1. The van der Waals surface area contributed by atoms with E-state index in [1.165, 1.54) is 18.2 Å². The molecule has 1 aliphatic carbocycles. The lowest BCUT2D eigenvalue weighted by Gasteiger charge is -2.10. The third-order valence-electron chi connectivity index (χ3n) is 3.05. The van der Waals surface area contributed by atoms with Crippen LogP contribution in [-0.2, 0) is 9.59 Å². The summed E-state index contributed by atoms with van der Waals surface area (Å²) in [6.45, 7) is 0. The van der Waals surface area contributed by atoms with Crippen LogP contribution in [0.5, 0.6) is 0 Å². The second-order valence-corrected chi connectivity index (χ2v) is 4.54. The number of rotatable bonds is 4. The summed E-state index contributed by atoms with van der Waals surface area (Å²) in [5, 5.41) is 11.5. The predicted octanol–water partition coefficient (Wildman–Crippen LogP) is 1.98. The van der Waals surface area contributed by atoms with E-state index in [2.05, 4.69) is 5.32 Å². The van der Waals surface area contributed by atoms with Crippen molar-refractivity contribution >= 4 is 18.0 Å². The lowest BCUT2D eigenvalue weighted by atomic mass is 10.1. The van der Waals surface area contributed by atoms with Crippen LogP contribution >= 0.6 is 0 Å². The van der Waals surface area contributed by atoms with Crippen LogP contribution in [0.2, 0.25) is 0 Å². The van der Waals surface area contributed by atoms with Gasteiger partial charge in [0.25, 0.3) is 0 Å². The maximum Gasteiger partial charge on any atom is 0.310 e. The van der Waals surface area contributed by atoms with Gasteiger partial charge in [-0.05, 0) is 18.6 Å². The number of halogens is 1. The van der Waals surface area contributed by atoms with Gasteiger partial charge in [0.05, 0.1) is 5.92 Å². The summed E-state index contributed by atoms with van der Waals surface area (Å²) >= 11 is 0. The van der Waals surface area contributed by atoms with Gasteiger partial charge in [0.2, 0.25) is 5.91 Å². The Morgan fingerprint density at radius 1 is 1.30 bits per heavy atom. The molecule has 0 saturated heterocycles. The highest BCUT2D eigenvalue weighted by Gasteiger charge is 2.24. The molecule has 0 fully saturated rings. The number of nitrogens with one attached hydrogen (secondary N) is 1. The molecule has 2 unspecified atom stereocenters. The van der Waals surface area contributed by atoms with E-state index >= 15 is 0 Å². The lowest BCUT2D eigenvalue weighted by molar-refractivity contribution is -0.140. The Morgan fingerprint density at radius 2 is 2.05 bits per heavy atom. The molecule has 2 N–H and O–H groups in total. The van der Waals surface area contributed by atoms with Crippen LogP contribution in [0.4, 0.5) is 4.39 Å². The topological polar surface area (TPSA) is 66.4 Å². The minimum absolute atomic E-state index is 0.297. The highest BCUT2D eigenvalue weighted by Crippen LogP contribution is 2.18. The standard InChI is InChI=1S/C15H14FNO3/c16-13-4-2-1-3-10(13)6-8-14(18)17-12-7-5-11(9-12)15(19)20/h1-8,11-12H,9H2,(H,17,18)(H,19,20). The zero-order valence-corrected chi connectivity index (χ0v) is 10.6. The van der Waals surface area contributed by atoms with Crippen LogP contribution in [0, 0.1) is 11.7 Å². The minimum atomic E-state index is -0.903. The number of carbonyl (C=O) groups is 2. The second kappa shape index (κ2) is 6.14. The lowest BCUT2D eigenvalue weighted by Crippen LogP contribution is -2.31. The molecule has 1 aromatic rings. The van der Waals surface area contributed by atoms with E-state index in [0.29, 0.717) is 12.0 Å². The van der Waals surface area contributed by atoms with Gasteiger partial charge >= 0.3 is 5.97 Å². The van der Waals surface area contributed by atoms with Crippen molar-refractivity contribution in [3.05, 3.63) is 53.9 Å². The van der Waals surface area contributed by atoms with Crippen molar-refractivity contribution in [2.45, 2.75) is 12.5 Å². The number of carboxylic acid groups (broad SMARTS) is 1. The number of hydrogen-bond acceptors (Lipinski definition) is 2. The molecule has 1 amide bonds. The van der Waals surface area contributed by atoms with Gasteiger partial charge in [0, 0.05) is 17.7 Å². The van der Waals surface area contributed by atoms with Crippen LogP contribution < -0.4 is 5.32 Å². The van der Waals surface area contributed by atoms with Crippen LogP contribution in [0.3, 0.4) is 0 Å². The zero-order chi connectivity index (χ0) is 14.5. The van der Waals surface area contributed by atoms with E-state index in [4.69, 9.17) is 5.11 Å². The van der Waals surface area contributed by atoms with E-state index in [1.54, 1.807) is 30.4 Å². The first-order valence-electron chi connectivity index (χ1n) is 6.20. The second-order valence-electron chi connectivity index (χ2n) is 4.54. The Labute approximate surface area is 115 Å². The SMILES string of the molecule is O=C(C=Cc1ccccc1F)NC1C=CC(C(=O)O)C1. The summed E-state index contributed by atoms with van der Waals surface area (Å²) in [5.41, 5.74) is 0.327. The van der Waals surface area contributed by atoms with E-state index in [-0.39, 0.29) is 11.9 Å². The fourth-order valence-corrected chi connectivity index (χ4v) is 2.00. The first-order chi connectivity index (χ1) is 9.56. The number of benzene rings is 1. The van der Waals surface area contributed by atoms with Gasteiger partial charge in [0.15, 0.2) is 0 Å². The van der Waals surface area contributed by atoms with Gasteiger partial charge in [-0.1, -0.05) is 30.4 Å². The van der Waals surface area contributed by atoms with Crippen molar-refractivity contribution in [1.82, 2.24) is 5.32 Å². The minimum Gasteiger partial charge on any atom is -0.481 e. The van der Waals surface area contributed by atoms with Crippen LogP contribution in [-0.4, -0.2) is 23.0 Å². The fourth-order valence-electron chi connectivity index (χ4n) is 2.00. The smallest absolute Gasteiger partial charge is 0.310 e. The largest absolute Gasteiger partial charge is 0.481 e. The molecule has 0 radical (unpaired) electrons. The van der Waals surface area contributed by atoms with Crippen molar-refractivity contribution in [3.63, 3.8) is 0 Å². The van der Waals surface area contributed by atoms with Crippen LogP contribution in [0.1, 0.15) is 12.0 Å². The molecule has 104 valence electrons. The molecule has 0 aliphatic heterocycles. The average Bonchev–Trinajstić information content (AvgIpc) is 2.86. The summed E-state index contributed by atoms with van der Waals surface area (Å²) in [5.74, 6) is -2.24. The molecule has 4 nitrogen and oxygen atoms in total. The molecular formula is C15H14FNO3. The molecule has 1 aromatic carbocycles. The Balaban J connectivity index is 1.90. The van der Waals surface area contributed by atoms with Gasteiger partial charge in [-0.25, -0.2) is 4.39 Å².